The van der Waals surface area contributed by atoms with Crippen molar-refractivity contribution in [1.29, 1.82) is 0 Å². The van der Waals surface area contributed by atoms with Gasteiger partial charge in [0.05, 0.1) is 6.61 Å². The largest absolute Gasteiger partial charge is 0.385 e. The number of methoxy groups -OCH3 is 1. The Morgan fingerprint density at radius 3 is 2.56 bits per heavy atom. The third kappa shape index (κ3) is 6.43. The average Bonchev–Trinajstić information content (AvgIpc) is 3.11. The van der Waals surface area contributed by atoms with Gasteiger partial charge in [-0.05, 0) is 38.8 Å². The van der Waals surface area contributed by atoms with Crippen molar-refractivity contribution in [3.05, 3.63) is 0 Å². The minimum atomic E-state index is 0.790. The van der Waals surface area contributed by atoms with Crippen molar-refractivity contribution in [3.8, 4) is 0 Å². The predicted octanol–water partition coefficient (Wildman–Crippen LogP) is 0.853. The van der Waals surface area contributed by atoms with Crippen LogP contribution >= 0.6 is 0 Å². The van der Waals surface area contributed by atoms with Gasteiger partial charge in [-0.2, -0.15) is 0 Å². The number of ether oxygens (including phenoxy) is 2. The number of nitrogens with two attached hydrogens (primary N) is 1. The Hall–Kier alpha value is -0.160. The molecule has 16 heavy (non-hydrogen) atoms. The molecule has 0 amide bonds. The van der Waals surface area contributed by atoms with E-state index in [0.717, 1.165) is 58.3 Å². The van der Waals surface area contributed by atoms with E-state index >= 15 is 0 Å². The van der Waals surface area contributed by atoms with Crippen LogP contribution in [-0.4, -0.2) is 57.5 Å². The van der Waals surface area contributed by atoms with Gasteiger partial charge in [-0.25, -0.2) is 0 Å². The van der Waals surface area contributed by atoms with Gasteiger partial charge in [-0.1, -0.05) is 0 Å². The summed E-state index contributed by atoms with van der Waals surface area (Å²) in [7, 11) is 1.72. The highest BCUT2D eigenvalue weighted by molar-refractivity contribution is 4.84. The van der Waals surface area contributed by atoms with Crippen LogP contribution in [0.2, 0.25) is 0 Å². The van der Waals surface area contributed by atoms with Crippen LogP contribution < -0.4 is 5.73 Å². The Morgan fingerprint density at radius 2 is 1.94 bits per heavy atom. The lowest BCUT2D eigenvalue weighted by Gasteiger charge is -2.21. The van der Waals surface area contributed by atoms with E-state index in [-0.39, 0.29) is 0 Å². The SMILES string of the molecule is COCCCOCCN(CCCN)C1CC1. The van der Waals surface area contributed by atoms with Gasteiger partial charge in [0, 0.05) is 32.9 Å². The van der Waals surface area contributed by atoms with Crippen LogP contribution in [0.3, 0.4) is 0 Å². The molecule has 4 nitrogen and oxygen atoms in total. The summed E-state index contributed by atoms with van der Waals surface area (Å²) < 4.78 is 10.5. The third-order valence-electron chi connectivity index (χ3n) is 2.87. The molecule has 0 atom stereocenters. The molecule has 1 saturated carbocycles. The highest BCUT2D eigenvalue weighted by Gasteiger charge is 2.27. The van der Waals surface area contributed by atoms with Crippen LogP contribution in [0, 0.1) is 0 Å². The van der Waals surface area contributed by atoms with Crippen molar-refractivity contribution in [1.82, 2.24) is 4.90 Å². The van der Waals surface area contributed by atoms with Crippen molar-refractivity contribution in [2.45, 2.75) is 31.7 Å². The normalized spacial score (nSPS) is 15.9. The van der Waals surface area contributed by atoms with Crippen LogP contribution in [0.25, 0.3) is 0 Å². The monoisotopic (exact) mass is 230 g/mol. The second-order valence-electron chi connectivity index (χ2n) is 4.37. The number of nitrogens with zero attached hydrogens (tertiary/aromatic N) is 1. The second-order valence-corrected chi connectivity index (χ2v) is 4.37. The lowest BCUT2D eigenvalue weighted by atomic mass is 10.3. The molecule has 0 bridgehead atoms. The summed E-state index contributed by atoms with van der Waals surface area (Å²) in [4.78, 5) is 2.52. The first-order valence-corrected chi connectivity index (χ1v) is 6.39. The van der Waals surface area contributed by atoms with Crippen molar-refractivity contribution >= 4 is 0 Å². The first kappa shape index (κ1) is 13.9. The zero-order valence-electron chi connectivity index (χ0n) is 10.5. The molecule has 1 aliphatic carbocycles. The summed E-state index contributed by atoms with van der Waals surface area (Å²) in [5, 5.41) is 0. The van der Waals surface area contributed by atoms with Gasteiger partial charge < -0.3 is 15.2 Å². The maximum Gasteiger partial charge on any atom is 0.0593 e. The fourth-order valence-corrected chi connectivity index (χ4v) is 1.80. The molecule has 0 unspecified atom stereocenters. The number of hydrogen-bond donors (Lipinski definition) is 1. The van der Waals surface area contributed by atoms with Crippen molar-refractivity contribution in [2.24, 2.45) is 5.73 Å². The Balaban J connectivity index is 1.95. The summed E-state index contributed by atoms with van der Waals surface area (Å²) in [6.45, 7) is 5.41. The second kappa shape index (κ2) is 8.93. The van der Waals surface area contributed by atoms with Crippen LogP contribution in [0.1, 0.15) is 25.7 Å². The number of rotatable bonds is 11. The topological polar surface area (TPSA) is 47.7 Å². The standard InChI is InChI=1S/C12H26N2O2/c1-15-9-3-10-16-11-8-14(7-2-6-13)12-4-5-12/h12H,2-11,13H2,1H3. The van der Waals surface area contributed by atoms with E-state index in [1.807, 2.05) is 0 Å². The fourth-order valence-electron chi connectivity index (χ4n) is 1.80. The minimum absolute atomic E-state index is 0.790. The predicted molar refractivity (Wildman–Crippen MR) is 65.6 cm³/mol. The molecule has 1 aliphatic rings. The molecule has 0 radical (unpaired) electrons. The van der Waals surface area contributed by atoms with Crippen molar-refractivity contribution in [3.63, 3.8) is 0 Å². The summed E-state index contributed by atoms with van der Waals surface area (Å²) >= 11 is 0. The van der Waals surface area contributed by atoms with E-state index in [9.17, 15) is 0 Å². The lowest BCUT2D eigenvalue weighted by molar-refractivity contribution is 0.0817. The van der Waals surface area contributed by atoms with Gasteiger partial charge >= 0.3 is 0 Å². The van der Waals surface area contributed by atoms with Crippen LogP contribution in [0.4, 0.5) is 0 Å². The molecule has 0 heterocycles. The molecule has 0 aliphatic heterocycles. The van der Waals surface area contributed by atoms with Gasteiger partial charge in [0.1, 0.15) is 0 Å². The molecule has 2 N–H and O–H groups in total. The molecule has 0 aromatic carbocycles. The molecule has 1 fully saturated rings. The molecular formula is C12H26N2O2. The quantitative estimate of drug-likeness (QED) is 0.535. The smallest absolute Gasteiger partial charge is 0.0593 e. The molecule has 0 saturated heterocycles. The molecule has 0 aromatic rings. The van der Waals surface area contributed by atoms with E-state index in [2.05, 4.69) is 4.90 Å². The maximum atomic E-state index is 5.57. The molecule has 4 heteroatoms. The summed E-state index contributed by atoms with van der Waals surface area (Å²) in [5.41, 5.74) is 5.54. The third-order valence-corrected chi connectivity index (χ3v) is 2.87. The highest BCUT2D eigenvalue weighted by Crippen LogP contribution is 2.26. The first-order valence-electron chi connectivity index (χ1n) is 6.39. The van der Waals surface area contributed by atoms with E-state index in [1.165, 1.54) is 12.8 Å². The molecular weight excluding hydrogens is 204 g/mol. The fraction of sp³-hybridized carbons (Fsp3) is 1.00. The zero-order valence-corrected chi connectivity index (χ0v) is 10.5. The maximum absolute atomic E-state index is 5.57. The molecule has 0 spiro atoms. The van der Waals surface area contributed by atoms with Crippen LogP contribution in [-0.2, 0) is 9.47 Å². The van der Waals surface area contributed by atoms with Crippen LogP contribution in [0.5, 0.6) is 0 Å². The molecule has 96 valence electrons. The van der Waals surface area contributed by atoms with Gasteiger partial charge in [-0.15, -0.1) is 0 Å². The highest BCUT2D eigenvalue weighted by atomic mass is 16.5. The van der Waals surface area contributed by atoms with Gasteiger partial charge in [0.15, 0.2) is 0 Å². The van der Waals surface area contributed by atoms with Gasteiger partial charge in [0.2, 0.25) is 0 Å². The zero-order chi connectivity index (χ0) is 11.6. The molecule has 1 rings (SSSR count). The lowest BCUT2D eigenvalue weighted by Crippen LogP contribution is -2.32. The molecule has 0 aromatic heterocycles. The van der Waals surface area contributed by atoms with E-state index in [4.69, 9.17) is 15.2 Å². The summed E-state index contributed by atoms with van der Waals surface area (Å²) in [6, 6.07) is 0.814. The first-order chi connectivity index (χ1) is 7.88. The Kier molecular flexibility index (Phi) is 7.76. The van der Waals surface area contributed by atoms with E-state index in [1.54, 1.807) is 7.11 Å². The van der Waals surface area contributed by atoms with Crippen molar-refractivity contribution < 1.29 is 9.47 Å². The van der Waals surface area contributed by atoms with E-state index < -0.39 is 0 Å². The van der Waals surface area contributed by atoms with E-state index in [0.29, 0.717) is 0 Å². The Labute approximate surface area is 99.1 Å². The Morgan fingerprint density at radius 1 is 1.12 bits per heavy atom. The number of hydrogen-bond acceptors (Lipinski definition) is 4. The summed E-state index contributed by atoms with van der Waals surface area (Å²) in [6.07, 6.45) is 4.80. The minimum Gasteiger partial charge on any atom is -0.385 e. The average molecular weight is 230 g/mol. The van der Waals surface area contributed by atoms with Gasteiger partial charge in [-0.3, -0.25) is 4.90 Å². The van der Waals surface area contributed by atoms with Crippen LogP contribution in [0.15, 0.2) is 0 Å². The Bertz CT molecular complexity index is 163. The van der Waals surface area contributed by atoms with Gasteiger partial charge in [0.25, 0.3) is 0 Å². The van der Waals surface area contributed by atoms with Crippen molar-refractivity contribution in [2.75, 3.05) is 46.6 Å². The summed E-state index contributed by atoms with van der Waals surface area (Å²) in [5.74, 6) is 0.